The summed E-state index contributed by atoms with van der Waals surface area (Å²) in [6, 6.07) is 12.5. The van der Waals surface area contributed by atoms with E-state index in [0.717, 1.165) is 12.1 Å². The lowest BCUT2D eigenvalue weighted by Crippen LogP contribution is -2.24. The lowest BCUT2D eigenvalue weighted by atomic mass is 10.2. The highest BCUT2D eigenvalue weighted by molar-refractivity contribution is 5.92. The molecular formula is C19H14F3N3O. The van der Waals surface area contributed by atoms with Crippen molar-refractivity contribution in [1.82, 2.24) is 10.3 Å². The Bertz CT molecular complexity index is 909. The summed E-state index contributed by atoms with van der Waals surface area (Å²) in [5.41, 5.74) is 0.473. The number of amides is 1. The van der Waals surface area contributed by atoms with Crippen molar-refractivity contribution >= 4 is 17.3 Å². The Morgan fingerprint density at radius 2 is 1.58 bits per heavy atom. The molecule has 0 saturated carbocycles. The predicted molar refractivity (Wildman–Crippen MR) is 91.4 cm³/mol. The van der Waals surface area contributed by atoms with Crippen LogP contribution >= 0.6 is 0 Å². The van der Waals surface area contributed by atoms with Gasteiger partial charge in [-0.25, -0.2) is 18.2 Å². The van der Waals surface area contributed by atoms with Crippen LogP contribution in [0.5, 0.6) is 0 Å². The summed E-state index contributed by atoms with van der Waals surface area (Å²) in [4.78, 5) is 16.0. The number of hydrogen-bond acceptors (Lipinski definition) is 3. The summed E-state index contributed by atoms with van der Waals surface area (Å²) < 4.78 is 40.8. The lowest BCUT2D eigenvalue weighted by molar-refractivity contribution is 0.0945. The Morgan fingerprint density at radius 3 is 2.23 bits per heavy atom. The second-order valence-electron chi connectivity index (χ2n) is 5.43. The van der Waals surface area contributed by atoms with Gasteiger partial charge in [0.1, 0.15) is 28.8 Å². The quantitative estimate of drug-likeness (QED) is 0.721. The summed E-state index contributed by atoms with van der Waals surface area (Å²) in [7, 11) is 0. The molecule has 3 rings (SSSR count). The summed E-state index contributed by atoms with van der Waals surface area (Å²) in [6.07, 6.45) is 1.28. The predicted octanol–water partition coefficient (Wildman–Crippen LogP) is 4.17. The average Bonchev–Trinajstić information content (AvgIpc) is 2.64. The number of anilines is 2. The van der Waals surface area contributed by atoms with Crippen molar-refractivity contribution in [1.29, 1.82) is 0 Å². The molecule has 0 aliphatic heterocycles. The average molecular weight is 357 g/mol. The third-order valence-corrected chi connectivity index (χ3v) is 3.63. The fourth-order valence-electron chi connectivity index (χ4n) is 2.27. The molecule has 0 spiro atoms. The fourth-order valence-corrected chi connectivity index (χ4v) is 2.27. The van der Waals surface area contributed by atoms with E-state index in [-0.39, 0.29) is 17.9 Å². The van der Waals surface area contributed by atoms with Gasteiger partial charge >= 0.3 is 0 Å². The first-order chi connectivity index (χ1) is 12.5. The molecule has 0 saturated heterocycles. The maximum Gasteiger partial charge on any atom is 0.270 e. The first kappa shape index (κ1) is 17.5. The van der Waals surface area contributed by atoms with Gasteiger partial charge in [-0.05, 0) is 30.3 Å². The molecule has 1 heterocycles. The molecule has 0 aliphatic rings. The molecule has 3 aromatic rings. The molecule has 7 heteroatoms. The number of carbonyl (C=O) groups excluding carboxylic acids is 1. The van der Waals surface area contributed by atoms with Gasteiger partial charge < -0.3 is 10.6 Å². The van der Waals surface area contributed by atoms with E-state index in [1.165, 1.54) is 30.5 Å². The van der Waals surface area contributed by atoms with E-state index in [1.54, 1.807) is 18.2 Å². The van der Waals surface area contributed by atoms with Crippen LogP contribution in [0, 0.1) is 17.5 Å². The number of carbonyl (C=O) groups is 1. The normalized spacial score (nSPS) is 10.4. The van der Waals surface area contributed by atoms with Crippen molar-refractivity contribution in [2.24, 2.45) is 0 Å². The SMILES string of the molecule is O=C(NCc1ccccc1F)c1ccc(Nc2c(F)cccc2F)cn1. The van der Waals surface area contributed by atoms with Crippen LogP contribution in [-0.4, -0.2) is 10.9 Å². The van der Waals surface area contributed by atoms with Crippen molar-refractivity contribution in [2.75, 3.05) is 5.32 Å². The van der Waals surface area contributed by atoms with Crippen LogP contribution in [0.15, 0.2) is 60.8 Å². The second kappa shape index (κ2) is 7.69. The molecule has 0 aliphatic carbocycles. The molecule has 0 bridgehead atoms. The van der Waals surface area contributed by atoms with Crippen LogP contribution in [0.1, 0.15) is 16.1 Å². The van der Waals surface area contributed by atoms with E-state index < -0.39 is 23.4 Å². The van der Waals surface area contributed by atoms with Gasteiger partial charge in [0.15, 0.2) is 0 Å². The maximum absolute atomic E-state index is 13.6. The first-order valence-corrected chi connectivity index (χ1v) is 7.73. The highest BCUT2D eigenvalue weighted by atomic mass is 19.1. The van der Waals surface area contributed by atoms with E-state index in [2.05, 4.69) is 15.6 Å². The van der Waals surface area contributed by atoms with E-state index in [0.29, 0.717) is 11.3 Å². The van der Waals surface area contributed by atoms with Gasteiger partial charge in [-0.1, -0.05) is 24.3 Å². The zero-order valence-electron chi connectivity index (χ0n) is 13.5. The maximum atomic E-state index is 13.6. The molecule has 4 nitrogen and oxygen atoms in total. The van der Waals surface area contributed by atoms with Gasteiger partial charge in [-0.2, -0.15) is 0 Å². The number of halogens is 3. The van der Waals surface area contributed by atoms with Crippen molar-refractivity contribution in [3.63, 3.8) is 0 Å². The standard InChI is InChI=1S/C19H14F3N3O/c20-14-5-2-1-4-12(14)10-24-19(26)17-9-8-13(11-23-17)25-18-15(21)6-3-7-16(18)22/h1-9,11,25H,10H2,(H,24,26). The van der Waals surface area contributed by atoms with E-state index in [4.69, 9.17) is 0 Å². The zero-order chi connectivity index (χ0) is 18.5. The van der Waals surface area contributed by atoms with Crippen molar-refractivity contribution in [3.05, 3.63) is 89.5 Å². The highest BCUT2D eigenvalue weighted by Gasteiger charge is 2.11. The summed E-state index contributed by atoms with van der Waals surface area (Å²) in [5.74, 6) is -2.38. The largest absolute Gasteiger partial charge is 0.349 e. The molecular weight excluding hydrogens is 343 g/mol. The number of para-hydroxylation sites is 1. The zero-order valence-corrected chi connectivity index (χ0v) is 13.5. The minimum atomic E-state index is -0.739. The highest BCUT2D eigenvalue weighted by Crippen LogP contribution is 2.22. The van der Waals surface area contributed by atoms with Crippen molar-refractivity contribution in [3.8, 4) is 0 Å². The van der Waals surface area contributed by atoms with Gasteiger partial charge in [0.2, 0.25) is 0 Å². The van der Waals surface area contributed by atoms with Gasteiger partial charge in [-0.15, -0.1) is 0 Å². The van der Waals surface area contributed by atoms with E-state index >= 15 is 0 Å². The van der Waals surface area contributed by atoms with Crippen LogP contribution in [-0.2, 0) is 6.54 Å². The second-order valence-corrected chi connectivity index (χ2v) is 5.43. The van der Waals surface area contributed by atoms with Crippen molar-refractivity contribution < 1.29 is 18.0 Å². The summed E-state index contributed by atoms with van der Waals surface area (Å²) in [6.45, 7) is 0.0215. The van der Waals surface area contributed by atoms with Crippen LogP contribution in [0.4, 0.5) is 24.5 Å². The number of rotatable bonds is 5. The number of nitrogens with zero attached hydrogens (tertiary/aromatic N) is 1. The molecule has 0 fully saturated rings. The minimum absolute atomic E-state index is 0.0215. The van der Waals surface area contributed by atoms with E-state index in [1.807, 2.05) is 0 Å². The Morgan fingerprint density at radius 1 is 0.885 bits per heavy atom. The number of hydrogen-bond donors (Lipinski definition) is 2. The topological polar surface area (TPSA) is 54.0 Å². The summed E-state index contributed by atoms with van der Waals surface area (Å²) in [5, 5.41) is 5.14. The molecule has 0 atom stereocenters. The number of pyridine rings is 1. The molecule has 26 heavy (non-hydrogen) atoms. The van der Waals surface area contributed by atoms with Gasteiger partial charge in [0.25, 0.3) is 5.91 Å². The Labute approximate surface area is 147 Å². The van der Waals surface area contributed by atoms with Crippen molar-refractivity contribution in [2.45, 2.75) is 6.54 Å². The van der Waals surface area contributed by atoms with Crippen LogP contribution < -0.4 is 10.6 Å². The Balaban J connectivity index is 1.65. The molecule has 1 aromatic heterocycles. The fraction of sp³-hybridized carbons (Fsp3) is 0.0526. The van der Waals surface area contributed by atoms with Gasteiger partial charge in [-0.3, -0.25) is 4.79 Å². The number of benzene rings is 2. The van der Waals surface area contributed by atoms with Gasteiger partial charge in [0.05, 0.1) is 11.9 Å². The molecule has 1 amide bonds. The molecule has 0 unspecified atom stereocenters. The lowest BCUT2D eigenvalue weighted by Gasteiger charge is -2.09. The monoisotopic (exact) mass is 357 g/mol. The van der Waals surface area contributed by atoms with Crippen LogP contribution in [0.25, 0.3) is 0 Å². The number of nitrogens with one attached hydrogen (secondary N) is 2. The van der Waals surface area contributed by atoms with E-state index in [9.17, 15) is 18.0 Å². The Kier molecular flexibility index (Phi) is 5.17. The van der Waals surface area contributed by atoms with Crippen LogP contribution in [0.2, 0.25) is 0 Å². The molecule has 2 N–H and O–H groups in total. The minimum Gasteiger partial charge on any atom is -0.349 e. The molecule has 2 aromatic carbocycles. The van der Waals surface area contributed by atoms with Gasteiger partial charge in [0, 0.05) is 12.1 Å². The molecule has 132 valence electrons. The first-order valence-electron chi connectivity index (χ1n) is 7.73. The smallest absolute Gasteiger partial charge is 0.270 e. The van der Waals surface area contributed by atoms with Crippen LogP contribution in [0.3, 0.4) is 0 Å². The summed E-state index contributed by atoms with van der Waals surface area (Å²) >= 11 is 0. The number of aromatic nitrogens is 1. The third-order valence-electron chi connectivity index (χ3n) is 3.63. The molecule has 0 radical (unpaired) electrons. The third kappa shape index (κ3) is 4.00. The Hall–Kier alpha value is -3.35.